The van der Waals surface area contributed by atoms with Gasteiger partial charge in [-0.05, 0) is 43.9 Å². The molecule has 0 aliphatic heterocycles. The minimum absolute atomic E-state index is 0.652. The Labute approximate surface area is 131 Å². The van der Waals surface area contributed by atoms with Crippen LogP contribution in [0.5, 0.6) is 0 Å². The molecule has 1 saturated carbocycles. The molecule has 112 valence electrons. The third-order valence-corrected chi connectivity index (χ3v) is 5.39. The number of benzene rings is 1. The summed E-state index contributed by atoms with van der Waals surface area (Å²) in [7, 11) is 0. The van der Waals surface area contributed by atoms with Crippen LogP contribution in [0.25, 0.3) is 0 Å². The predicted octanol–water partition coefficient (Wildman–Crippen LogP) is 5.16. The fourth-order valence-corrected chi connectivity index (χ4v) is 4.14. The molecule has 0 bridgehead atoms. The Hall–Kier alpha value is -1.35. The number of rotatable bonds is 3. The number of hydrogen-bond acceptors (Lipinski definition) is 2. The number of nitrogens with zero attached hydrogens (tertiary/aromatic N) is 2. The molecule has 21 heavy (non-hydrogen) atoms. The van der Waals surface area contributed by atoms with Gasteiger partial charge in [-0.2, -0.15) is 0 Å². The zero-order valence-electron chi connectivity index (χ0n) is 13.0. The molecule has 2 aromatic rings. The third kappa shape index (κ3) is 3.29. The molecule has 1 aliphatic rings. The first-order chi connectivity index (χ1) is 10.3. The minimum atomic E-state index is 0.652. The first kappa shape index (κ1) is 14.6. The van der Waals surface area contributed by atoms with Crippen LogP contribution in [0.15, 0.2) is 34.6 Å². The van der Waals surface area contributed by atoms with Crippen LogP contribution in [-0.4, -0.2) is 4.57 Å². The maximum absolute atomic E-state index is 4.89. The molecular formula is C18H24N2S. The van der Waals surface area contributed by atoms with Crippen molar-refractivity contribution in [3.05, 3.63) is 45.7 Å². The fourth-order valence-electron chi connectivity index (χ4n) is 3.18. The molecule has 2 nitrogen and oxygen atoms in total. The zero-order valence-corrected chi connectivity index (χ0v) is 13.8. The van der Waals surface area contributed by atoms with Crippen molar-refractivity contribution in [2.45, 2.75) is 58.4 Å². The molecule has 0 atom stereocenters. The van der Waals surface area contributed by atoms with E-state index < -0.39 is 0 Å². The fraction of sp³-hybridized carbons (Fsp3) is 0.500. The molecule has 0 radical (unpaired) electrons. The van der Waals surface area contributed by atoms with E-state index in [1.54, 1.807) is 11.3 Å². The smallest absolute Gasteiger partial charge is 0.190 e. The summed E-state index contributed by atoms with van der Waals surface area (Å²) in [6.07, 6.45) is 7.81. The molecule has 0 amide bonds. The van der Waals surface area contributed by atoms with Gasteiger partial charge in [0.05, 0.1) is 5.69 Å². The van der Waals surface area contributed by atoms with E-state index >= 15 is 0 Å². The summed E-state index contributed by atoms with van der Waals surface area (Å²) in [6.45, 7) is 4.40. The lowest BCUT2D eigenvalue weighted by molar-refractivity contribution is 0.344. The van der Waals surface area contributed by atoms with Crippen molar-refractivity contribution in [2.75, 3.05) is 0 Å². The van der Waals surface area contributed by atoms with Crippen molar-refractivity contribution < 1.29 is 0 Å². The number of aryl methyl sites for hydroxylation is 2. The monoisotopic (exact) mass is 300 g/mol. The molecule has 0 saturated heterocycles. The van der Waals surface area contributed by atoms with Crippen LogP contribution in [-0.2, 0) is 6.42 Å². The van der Waals surface area contributed by atoms with E-state index in [0.29, 0.717) is 6.04 Å². The van der Waals surface area contributed by atoms with Crippen LogP contribution >= 0.6 is 11.3 Å². The highest BCUT2D eigenvalue weighted by molar-refractivity contribution is 7.07. The Morgan fingerprint density at radius 3 is 2.52 bits per heavy atom. The summed E-state index contributed by atoms with van der Waals surface area (Å²) >= 11 is 1.77. The van der Waals surface area contributed by atoms with Gasteiger partial charge in [-0.15, -0.1) is 11.3 Å². The van der Waals surface area contributed by atoms with E-state index in [1.165, 1.54) is 43.4 Å². The quantitative estimate of drug-likeness (QED) is 0.745. The molecule has 1 aromatic carbocycles. The number of aromatic nitrogens is 1. The molecular weight excluding hydrogens is 276 g/mol. The van der Waals surface area contributed by atoms with Crippen molar-refractivity contribution in [3.63, 3.8) is 0 Å². The van der Waals surface area contributed by atoms with Gasteiger partial charge in [-0.3, -0.25) is 0 Å². The number of hydrogen-bond donors (Lipinski definition) is 0. The van der Waals surface area contributed by atoms with Gasteiger partial charge in [-0.25, -0.2) is 4.99 Å². The Morgan fingerprint density at radius 2 is 1.86 bits per heavy atom. The molecule has 0 spiro atoms. The maximum Gasteiger partial charge on any atom is 0.190 e. The van der Waals surface area contributed by atoms with Crippen LogP contribution in [0, 0.1) is 6.92 Å². The van der Waals surface area contributed by atoms with Gasteiger partial charge in [-0.1, -0.05) is 38.3 Å². The summed E-state index contributed by atoms with van der Waals surface area (Å²) in [5, 5.41) is 2.24. The zero-order chi connectivity index (χ0) is 14.7. The maximum atomic E-state index is 4.89. The first-order valence-corrected chi connectivity index (χ1v) is 8.96. The Morgan fingerprint density at radius 1 is 1.14 bits per heavy atom. The van der Waals surface area contributed by atoms with Crippen molar-refractivity contribution in [1.82, 2.24) is 4.57 Å². The van der Waals surface area contributed by atoms with E-state index in [0.717, 1.165) is 16.9 Å². The number of thiazole rings is 1. The molecule has 1 aromatic heterocycles. The second-order valence-electron chi connectivity index (χ2n) is 5.95. The Kier molecular flexibility index (Phi) is 4.59. The molecule has 3 heteroatoms. The average molecular weight is 300 g/mol. The highest BCUT2D eigenvalue weighted by Gasteiger charge is 2.17. The van der Waals surface area contributed by atoms with Crippen molar-refractivity contribution in [3.8, 4) is 0 Å². The van der Waals surface area contributed by atoms with Gasteiger partial charge < -0.3 is 4.57 Å². The highest BCUT2D eigenvalue weighted by Crippen LogP contribution is 2.28. The topological polar surface area (TPSA) is 17.3 Å². The standard InChI is InChI=1S/C18H24N2S/c1-3-15-9-11-16(12-10-15)19-18-20(14(2)13-21-18)17-7-5-4-6-8-17/h9-13,17H,3-8H2,1-2H3. The lowest BCUT2D eigenvalue weighted by Crippen LogP contribution is -2.23. The SMILES string of the molecule is CCc1ccc(N=c2scc(C)n2C2CCCCC2)cc1. The van der Waals surface area contributed by atoms with E-state index in [-0.39, 0.29) is 0 Å². The molecule has 1 fully saturated rings. The first-order valence-electron chi connectivity index (χ1n) is 8.08. The second-order valence-corrected chi connectivity index (χ2v) is 6.79. The summed E-state index contributed by atoms with van der Waals surface area (Å²) in [6, 6.07) is 9.30. The molecule has 1 aliphatic carbocycles. The van der Waals surface area contributed by atoms with Crippen LogP contribution < -0.4 is 4.80 Å². The van der Waals surface area contributed by atoms with Crippen LogP contribution in [0.3, 0.4) is 0 Å². The minimum Gasteiger partial charge on any atom is -0.318 e. The van der Waals surface area contributed by atoms with E-state index in [2.05, 4.69) is 48.1 Å². The van der Waals surface area contributed by atoms with Gasteiger partial charge >= 0.3 is 0 Å². The largest absolute Gasteiger partial charge is 0.318 e. The third-order valence-electron chi connectivity index (χ3n) is 4.43. The van der Waals surface area contributed by atoms with Crippen molar-refractivity contribution in [2.24, 2.45) is 4.99 Å². The predicted molar refractivity (Wildman–Crippen MR) is 90.2 cm³/mol. The molecule has 1 heterocycles. The van der Waals surface area contributed by atoms with Crippen molar-refractivity contribution in [1.29, 1.82) is 0 Å². The summed E-state index contributed by atoms with van der Waals surface area (Å²) in [4.78, 5) is 6.05. The Balaban J connectivity index is 1.95. The molecule has 0 unspecified atom stereocenters. The summed E-state index contributed by atoms with van der Waals surface area (Å²) in [5.41, 5.74) is 3.80. The van der Waals surface area contributed by atoms with E-state index in [4.69, 9.17) is 4.99 Å². The summed E-state index contributed by atoms with van der Waals surface area (Å²) < 4.78 is 2.47. The normalized spacial score (nSPS) is 17.3. The molecule has 0 N–H and O–H groups in total. The van der Waals surface area contributed by atoms with Crippen LogP contribution in [0.4, 0.5) is 5.69 Å². The van der Waals surface area contributed by atoms with E-state index in [1.807, 2.05) is 0 Å². The van der Waals surface area contributed by atoms with Gasteiger partial charge in [0, 0.05) is 17.1 Å². The molecule has 3 rings (SSSR count). The second kappa shape index (κ2) is 6.61. The van der Waals surface area contributed by atoms with E-state index in [9.17, 15) is 0 Å². The lowest BCUT2D eigenvalue weighted by atomic mass is 9.95. The van der Waals surface area contributed by atoms with Gasteiger partial charge in [0.25, 0.3) is 0 Å². The summed E-state index contributed by atoms with van der Waals surface area (Å²) in [5.74, 6) is 0. The van der Waals surface area contributed by atoms with Crippen molar-refractivity contribution >= 4 is 17.0 Å². The highest BCUT2D eigenvalue weighted by atomic mass is 32.1. The van der Waals surface area contributed by atoms with Gasteiger partial charge in [0.15, 0.2) is 4.80 Å². The Bertz CT molecular complexity index is 643. The van der Waals surface area contributed by atoms with Gasteiger partial charge in [0.1, 0.15) is 0 Å². The van der Waals surface area contributed by atoms with Crippen LogP contribution in [0.1, 0.15) is 56.3 Å². The average Bonchev–Trinajstić information content (AvgIpc) is 2.89. The van der Waals surface area contributed by atoms with Crippen LogP contribution in [0.2, 0.25) is 0 Å². The lowest BCUT2D eigenvalue weighted by Gasteiger charge is -2.24. The van der Waals surface area contributed by atoms with Gasteiger partial charge in [0.2, 0.25) is 0 Å².